The first-order valence-electron chi connectivity index (χ1n) is 5.99. The number of benzene rings is 2. The molecule has 2 aromatic carbocycles. The van der Waals surface area contributed by atoms with E-state index >= 15 is 0 Å². The number of rotatable bonds is 3. The maximum Gasteiger partial charge on any atom is 0.251 e. The van der Waals surface area contributed by atoms with E-state index in [9.17, 15) is 9.18 Å². The maximum absolute atomic E-state index is 13.4. The molecular weight excluding hydrogens is 345 g/mol. The second kappa shape index (κ2) is 6.37. The van der Waals surface area contributed by atoms with Crippen LogP contribution in [0, 0.1) is 5.82 Å². The topological polar surface area (TPSA) is 29.1 Å². The Bertz CT molecular complexity index is 648. The fourth-order valence-corrected chi connectivity index (χ4v) is 2.37. The van der Waals surface area contributed by atoms with Gasteiger partial charge < -0.3 is 5.32 Å². The first-order chi connectivity index (χ1) is 9.49. The number of amides is 1. The van der Waals surface area contributed by atoms with Crippen LogP contribution in [-0.4, -0.2) is 5.91 Å². The zero-order valence-corrected chi connectivity index (χ0v) is 13.0. The van der Waals surface area contributed by atoms with Crippen molar-refractivity contribution < 1.29 is 9.18 Å². The Hall–Kier alpha value is -1.39. The maximum atomic E-state index is 13.4. The summed E-state index contributed by atoms with van der Waals surface area (Å²) < 4.78 is 13.7. The highest BCUT2D eigenvalue weighted by Crippen LogP contribution is 2.23. The molecule has 0 aromatic heterocycles. The minimum Gasteiger partial charge on any atom is -0.345 e. The summed E-state index contributed by atoms with van der Waals surface area (Å²) in [7, 11) is 0. The van der Waals surface area contributed by atoms with Gasteiger partial charge in [0.05, 0.1) is 10.5 Å². The lowest BCUT2D eigenvalue weighted by Gasteiger charge is -2.15. The Morgan fingerprint density at radius 1 is 1.30 bits per heavy atom. The lowest BCUT2D eigenvalue weighted by molar-refractivity contribution is 0.0939. The third kappa shape index (κ3) is 3.38. The Kier molecular flexibility index (Phi) is 4.78. The largest absolute Gasteiger partial charge is 0.345 e. The van der Waals surface area contributed by atoms with E-state index in [2.05, 4.69) is 21.2 Å². The van der Waals surface area contributed by atoms with Crippen LogP contribution in [0.5, 0.6) is 0 Å². The monoisotopic (exact) mass is 355 g/mol. The molecule has 0 heterocycles. The summed E-state index contributed by atoms with van der Waals surface area (Å²) in [5, 5.41) is 3.38. The molecule has 2 aromatic rings. The average Bonchev–Trinajstić information content (AvgIpc) is 2.42. The number of carbonyl (C=O) groups is 1. The summed E-state index contributed by atoms with van der Waals surface area (Å²) >= 11 is 9.13. The fraction of sp³-hybridized carbons (Fsp3) is 0.133. The number of hydrogen-bond donors (Lipinski definition) is 1. The van der Waals surface area contributed by atoms with Crippen LogP contribution in [0.2, 0.25) is 5.02 Å². The molecule has 0 fully saturated rings. The minimum atomic E-state index is -0.469. The van der Waals surface area contributed by atoms with Gasteiger partial charge in [-0.25, -0.2) is 4.39 Å². The molecule has 0 saturated carbocycles. The first kappa shape index (κ1) is 15.0. The van der Waals surface area contributed by atoms with Crippen LogP contribution >= 0.6 is 27.5 Å². The first-order valence-corrected chi connectivity index (χ1v) is 7.16. The highest BCUT2D eigenvalue weighted by Gasteiger charge is 2.14. The van der Waals surface area contributed by atoms with Crippen LogP contribution in [0.1, 0.15) is 28.9 Å². The van der Waals surface area contributed by atoms with Crippen LogP contribution in [0.25, 0.3) is 0 Å². The summed E-state index contributed by atoms with van der Waals surface area (Å²) in [5.74, 6) is -0.813. The molecule has 20 heavy (non-hydrogen) atoms. The highest BCUT2D eigenvalue weighted by molar-refractivity contribution is 9.10. The molecule has 1 amide bonds. The molecule has 1 unspecified atom stereocenters. The molecule has 0 aliphatic heterocycles. The quantitative estimate of drug-likeness (QED) is 0.846. The van der Waals surface area contributed by atoms with Gasteiger partial charge in [0.2, 0.25) is 0 Å². The average molecular weight is 357 g/mol. The molecule has 2 nitrogen and oxygen atoms in total. The molecule has 5 heteroatoms. The predicted molar refractivity (Wildman–Crippen MR) is 81.4 cm³/mol. The Morgan fingerprint density at radius 3 is 2.65 bits per heavy atom. The molecule has 0 spiro atoms. The van der Waals surface area contributed by atoms with Gasteiger partial charge in [-0.3, -0.25) is 4.79 Å². The number of hydrogen-bond acceptors (Lipinski definition) is 1. The third-order valence-electron chi connectivity index (χ3n) is 2.90. The van der Waals surface area contributed by atoms with Crippen molar-refractivity contribution in [3.8, 4) is 0 Å². The van der Waals surface area contributed by atoms with Gasteiger partial charge in [0.25, 0.3) is 5.91 Å². The molecule has 2 rings (SSSR count). The molecule has 0 radical (unpaired) electrons. The lowest BCUT2D eigenvalue weighted by atomic mass is 10.1. The van der Waals surface area contributed by atoms with Crippen LogP contribution in [0.3, 0.4) is 0 Å². The second-order valence-corrected chi connectivity index (χ2v) is 5.61. The molecule has 1 N–H and O–H groups in total. The van der Waals surface area contributed by atoms with E-state index < -0.39 is 5.82 Å². The van der Waals surface area contributed by atoms with Crippen molar-refractivity contribution in [2.45, 2.75) is 13.0 Å². The summed E-state index contributed by atoms with van der Waals surface area (Å²) in [6.07, 6.45) is 0. The molecule has 104 valence electrons. The van der Waals surface area contributed by atoms with Gasteiger partial charge in [0.15, 0.2) is 0 Å². The van der Waals surface area contributed by atoms with Gasteiger partial charge in [0.1, 0.15) is 5.82 Å². The zero-order chi connectivity index (χ0) is 14.7. The second-order valence-electron chi connectivity index (χ2n) is 4.35. The van der Waals surface area contributed by atoms with Crippen LogP contribution in [0.4, 0.5) is 4.39 Å². The van der Waals surface area contributed by atoms with Gasteiger partial charge in [-0.2, -0.15) is 0 Å². The Balaban J connectivity index is 2.15. The van der Waals surface area contributed by atoms with Gasteiger partial charge in [-0.1, -0.05) is 29.8 Å². The van der Waals surface area contributed by atoms with E-state index in [0.29, 0.717) is 9.50 Å². The van der Waals surface area contributed by atoms with E-state index in [1.165, 1.54) is 12.1 Å². The number of carbonyl (C=O) groups excluding carboxylic acids is 1. The van der Waals surface area contributed by atoms with Crippen molar-refractivity contribution in [1.82, 2.24) is 5.32 Å². The van der Waals surface area contributed by atoms with Crippen molar-refractivity contribution in [3.63, 3.8) is 0 Å². The van der Waals surface area contributed by atoms with E-state index in [0.717, 1.165) is 5.56 Å². The van der Waals surface area contributed by atoms with Crippen molar-refractivity contribution in [3.05, 3.63) is 68.9 Å². The normalized spacial score (nSPS) is 12.0. The van der Waals surface area contributed by atoms with E-state index in [4.69, 9.17) is 11.6 Å². The lowest BCUT2D eigenvalue weighted by Crippen LogP contribution is -2.26. The van der Waals surface area contributed by atoms with Gasteiger partial charge in [-0.15, -0.1) is 0 Å². The molecule has 0 bridgehead atoms. The minimum absolute atomic E-state index is 0.261. The molecule has 0 saturated heterocycles. The van der Waals surface area contributed by atoms with Crippen LogP contribution in [-0.2, 0) is 0 Å². The number of nitrogens with one attached hydrogen (secondary N) is 1. The van der Waals surface area contributed by atoms with Gasteiger partial charge in [0, 0.05) is 10.6 Å². The summed E-state index contributed by atoms with van der Waals surface area (Å²) in [4.78, 5) is 12.1. The van der Waals surface area contributed by atoms with Gasteiger partial charge in [-0.05, 0) is 52.7 Å². The van der Waals surface area contributed by atoms with E-state index in [1.54, 1.807) is 12.1 Å². The highest BCUT2D eigenvalue weighted by atomic mass is 79.9. The summed E-state index contributed by atoms with van der Waals surface area (Å²) in [5.41, 5.74) is 1.09. The smallest absolute Gasteiger partial charge is 0.251 e. The SMILES string of the molecule is CC(NC(=O)c1ccc(Br)c(F)c1)c1ccccc1Cl. The van der Waals surface area contributed by atoms with Crippen LogP contribution < -0.4 is 5.32 Å². The van der Waals surface area contributed by atoms with Crippen LogP contribution in [0.15, 0.2) is 46.9 Å². The molecule has 0 aliphatic rings. The molecule has 1 atom stereocenters. The summed E-state index contributed by atoms with van der Waals surface area (Å²) in [6, 6.07) is 11.3. The number of halogens is 3. The van der Waals surface area contributed by atoms with Crippen molar-refractivity contribution in [2.24, 2.45) is 0 Å². The molecule has 0 aliphatic carbocycles. The Labute approximate surface area is 130 Å². The summed E-state index contributed by atoms with van der Waals surface area (Å²) in [6.45, 7) is 1.83. The standard InChI is InChI=1S/C15H12BrClFNO/c1-9(11-4-2-3-5-13(11)17)19-15(20)10-6-7-12(16)14(18)8-10/h2-9H,1H3,(H,19,20). The van der Waals surface area contributed by atoms with Gasteiger partial charge >= 0.3 is 0 Å². The Morgan fingerprint density at radius 2 is 2.00 bits per heavy atom. The molecular formula is C15H12BrClFNO. The fourth-order valence-electron chi connectivity index (χ4n) is 1.82. The van der Waals surface area contributed by atoms with Crippen molar-refractivity contribution >= 4 is 33.4 Å². The van der Waals surface area contributed by atoms with E-state index in [-0.39, 0.29) is 17.5 Å². The predicted octanol–water partition coefficient (Wildman–Crippen LogP) is 4.73. The third-order valence-corrected chi connectivity index (χ3v) is 3.89. The van der Waals surface area contributed by atoms with E-state index in [1.807, 2.05) is 25.1 Å². The zero-order valence-electron chi connectivity index (χ0n) is 10.7. The van der Waals surface area contributed by atoms with Crippen molar-refractivity contribution in [1.29, 1.82) is 0 Å². The van der Waals surface area contributed by atoms with Crippen molar-refractivity contribution in [2.75, 3.05) is 0 Å².